The van der Waals surface area contributed by atoms with Crippen molar-refractivity contribution in [3.05, 3.63) is 55.0 Å². The van der Waals surface area contributed by atoms with Crippen molar-refractivity contribution in [1.29, 1.82) is 0 Å². The molecule has 2 aromatic heterocycles. The molecule has 0 saturated carbocycles. The van der Waals surface area contributed by atoms with Gasteiger partial charge in [-0.25, -0.2) is 9.07 Å². The Bertz CT molecular complexity index is 1040. The third kappa shape index (κ3) is 3.19. The average Bonchev–Trinajstić information content (AvgIpc) is 3.41. The van der Waals surface area contributed by atoms with Crippen LogP contribution in [-0.2, 0) is 0 Å². The molecule has 0 aliphatic carbocycles. The Kier molecular flexibility index (Phi) is 4.35. The fraction of sp³-hybridized carbons (Fsp3) is 0.333. The maximum absolute atomic E-state index is 14.8. The van der Waals surface area contributed by atoms with Gasteiger partial charge in [0.05, 0.1) is 29.5 Å². The predicted octanol–water partition coefficient (Wildman–Crippen LogP) is 2.92. The van der Waals surface area contributed by atoms with Gasteiger partial charge in [0.25, 0.3) is 0 Å². The highest BCUT2D eigenvalue weighted by molar-refractivity contribution is 5.70. The highest BCUT2D eigenvalue weighted by atomic mass is 19.1. The molecule has 2 saturated heterocycles. The first-order valence-electron chi connectivity index (χ1n) is 9.73. The number of halogens is 1. The highest BCUT2D eigenvalue weighted by Gasteiger charge is 2.43. The lowest BCUT2D eigenvalue weighted by molar-refractivity contribution is 0.167. The van der Waals surface area contributed by atoms with E-state index in [9.17, 15) is 9.50 Å². The number of alkyl halides is 1. The van der Waals surface area contributed by atoms with E-state index < -0.39 is 6.17 Å². The van der Waals surface area contributed by atoms with Crippen LogP contribution in [0.4, 0.5) is 4.39 Å². The minimum atomic E-state index is -0.948. The summed E-state index contributed by atoms with van der Waals surface area (Å²) in [5, 5.41) is 30.0. The summed E-state index contributed by atoms with van der Waals surface area (Å²) in [6, 6.07) is 9.03. The topological polar surface area (TPSA) is 88.8 Å². The van der Waals surface area contributed by atoms with E-state index in [1.54, 1.807) is 41.3 Å². The molecule has 0 spiro atoms. The molecule has 5 rings (SSSR count). The molecule has 2 fully saturated rings. The summed E-state index contributed by atoms with van der Waals surface area (Å²) in [5.41, 5.74) is 3.08. The Morgan fingerprint density at radius 1 is 1.21 bits per heavy atom. The number of benzene rings is 1. The second-order valence-electron chi connectivity index (χ2n) is 7.71. The summed E-state index contributed by atoms with van der Waals surface area (Å²) in [7, 11) is 0. The fourth-order valence-corrected chi connectivity index (χ4v) is 4.40. The van der Waals surface area contributed by atoms with Crippen LogP contribution in [0.5, 0.6) is 5.75 Å². The zero-order valence-corrected chi connectivity index (χ0v) is 15.7. The summed E-state index contributed by atoms with van der Waals surface area (Å²) < 4.78 is 16.4. The van der Waals surface area contributed by atoms with Crippen LogP contribution in [-0.4, -0.2) is 48.6 Å². The van der Waals surface area contributed by atoms with Gasteiger partial charge < -0.3 is 10.4 Å². The van der Waals surface area contributed by atoms with Crippen molar-refractivity contribution in [2.24, 2.45) is 5.92 Å². The Morgan fingerprint density at radius 2 is 2.10 bits per heavy atom. The lowest BCUT2D eigenvalue weighted by Crippen LogP contribution is -2.47. The monoisotopic (exact) mass is 392 g/mol. The lowest BCUT2D eigenvalue weighted by atomic mass is 9.83. The van der Waals surface area contributed by atoms with Crippen LogP contribution in [0.25, 0.3) is 22.5 Å². The molecule has 0 radical (unpaired) electrons. The Balaban J connectivity index is 1.37. The van der Waals surface area contributed by atoms with Gasteiger partial charge in [0.1, 0.15) is 11.9 Å². The largest absolute Gasteiger partial charge is 0.507 e. The Hall–Kier alpha value is -3.13. The first-order valence-corrected chi connectivity index (χ1v) is 9.73. The summed E-state index contributed by atoms with van der Waals surface area (Å²) in [5.74, 6) is -0.165. The summed E-state index contributed by atoms with van der Waals surface area (Å²) in [6.45, 7) is 4.12. The van der Waals surface area contributed by atoms with Crippen molar-refractivity contribution < 1.29 is 9.50 Å². The van der Waals surface area contributed by atoms with Gasteiger partial charge in [-0.3, -0.25) is 0 Å². The Morgan fingerprint density at radius 3 is 2.83 bits per heavy atom. The molecule has 0 amide bonds. The standard InChI is InChI=1S/C21H21FN6O/c1-12(16-10-13-2-5-19(24-13)21(16)22)17-6-7-18(26-25-17)15-4-3-14(11-20(15)29)28-9-8-23-27-28/h3-4,6-9,11,13,16,19,21,24,29H,1-2,5,10H2/t13-,16+,19+,21+/m0/s1. The number of aromatic hydroxyl groups is 1. The molecule has 2 aliphatic rings. The van der Waals surface area contributed by atoms with Gasteiger partial charge >= 0.3 is 0 Å². The van der Waals surface area contributed by atoms with Crippen molar-refractivity contribution in [2.45, 2.75) is 37.5 Å². The van der Waals surface area contributed by atoms with E-state index in [2.05, 4.69) is 32.4 Å². The fourth-order valence-electron chi connectivity index (χ4n) is 4.40. The Labute approximate surface area is 167 Å². The van der Waals surface area contributed by atoms with Crippen molar-refractivity contribution >= 4 is 5.57 Å². The number of phenols is 1. The lowest BCUT2D eigenvalue weighted by Gasteiger charge is -2.33. The number of hydrogen-bond donors (Lipinski definition) is 2. The van der Waals surface area contributed by atoms with Crippen LogP contribution in [0.2, 0.25) is 0 Å². The van der Waals surface area contributed by atoms with Gasteiger partial charge in [-0.05, 0) is 49.1 Å². The van der Waals surface area contributed by atoms with Crippen LogP contribution in [0, 0.1) is 5.92 Å². The number of phenolic OH excluding ortho intramolecular Hbond substituents is 1. The molecular formula is C21H21FN6O. The smallest absolute Gasteiger partial charge is 0.127 e. The number of rotatable bonds is 4. The van der Waals surface area contributed by atoms with Crippen molar-refractivity contribution in [1.82, 2.24) is 30.5 Å². The number of allylic oxidation sites excluding steroid dienone is 1. The van der Waals surface area contributed by atoms with Crippen molar-refractivity contribution in [3.8, 4) is 22.7 Å². The van der Waals surface area contributed by atoms with Crippen molar-refractivity contribution in [2.75, 3.05) is 0 Å². The molecule has 2 aliphatic heterocycles. The van der Waals surface area contributed by atoms with Crippen LogP contribution < -0.4 is 5.32 Å². The van der Waals surface area contributed by atoms with Crippen LogP contribution >= 0.6 is 0 Å². The van der Waals surface area contributed by atoms with E-state index in [4.69, 9.17) is 0 Å². The molecule has 4 heterocycles. The predicted molar refractivity (Wildman–Crippen MR) is 106 cm³/mol. The van der Waals surface area contributed by atoms with Gasteiger partial charge in [0.2, 0.25) is 0 Å². The van der Waals surface area contributed by atoms with E-state index in [-0.39, 0.29) is 17.7 Å². The number of nitrogens with zero attached hydrogens (tertiary/aromatic N) is 5. The van der Waals surface area contributed by atoms with Gasteiger partial charge in [0, 0.05) is 29.6 Å². The quantitative estimate of drug-likeness (QED) is 0.710. The highest BCUT2D eigenvalue weighted by Crippen LogP contribution is 2.39. The molecule has 8 heteroatoms. The summed E-state index contributed by atoms with van der Waals surface area (Å²) in [6.07, 6.45) is 4.95. The van der Waals surface area contributed by atoms with E-state index in [0.717, 1.165) is 19.3 Å². The molecule has 3 aromatic rings. The third-order valence-corrected chi connectivity index (χ3v) is 5.97. The first-order chi connectivity index (χ1) is 14.1. The molecule has 29 heavy (non-hydrogen) atoms. The van der Waals surface area contributed by atoms with E-state index in [1.165, 1.54) is 0 Å². The molecule has 1 aromatic carbocycles. The first kappa shape index (κ1) is 17.9. The number of fused-ring (bicyclic) bond motifs is 2. The normalized spacial score (nSPS) is 25.8. The molecule has 4 atom stereocenters. The second-order valence-corrected chi connectivity index (χ2v) is 7.71. The molecule has 2 N–H and O–H groups in total. The molecular weight excluding hydrogens is 371 g/mol. The molecule has 0 unspecified atom stereocenters. The zero-order valence-electron chi connectivity index (χ0n) is 15.7. The van der Waals surface area contributed by atoms with Gasteiger partial charge in [-0.2, -0.15) is 5.10 Å². The van der Waals surface area contributed by atoms with Crippen molar-refractivity contribution in [3.63, 3.8) is 0 Å². The maximum atomic E-state index is 14.8. The van der Waals surface area contributed by atoms with E-state index in [0.29, 0.717) is 34.3 Å². The summed E-state index contributed by atoms with van der Waals surface area (Å²) in [4.78, 5) is 0. The van der Waals surface area contributed by atoms with Crippen LogP contribution in [0.1, 0.15) is 25.0 Å². The number of nitrogens with one attached hydrogen (secondary N) is 1. The second kappa shape index (κ2) is 7.04. The average molecular weight is 392 g/mol. The zero-order chi connectivity index (χ0) is 20.0. The minimum Gasteiger partial charge on any atom is -0.507 e. The van der Waals surface area contributed by atoms with E-state index in [1.807, 2.05) is 6.07 Å². The number of piperidine rings is 1. The maximum Gasteiger partial charge on any atom is 0.127 e. The van der Waals surface area contributed by atoms with Gasteiger partial charge in [0.15, 0.2) is 0 Å². The molecule has 2 bridgehead atoms. The summed E-state index contributed by atoms with van der Waals surface area (Å²) >= 11 is 0. The molecule has 148 valence electrons. The third-order valence-electron chi connectivity index (χ3n) is 5.97. The number of aromatic nitrogens is 5. The van der Waals surface area contributed by atoms with E-state index >= 15 is 0 Å². The minimum absolute atomic E-state index is 0.0672. The van der Waals surface area contributed by atoms with Crippen LogP contribution in [0.15, 0.2) is 49.3 Å². The molecule has 7 nitrogen and oxygen atoms in total. The SMILES string of the molecule is C=C(c1ccc(-c2ccc(-n3ccnn3)cc2O)nn1)[C@H]1C[C@@H]2CC[C@@H](N2)[C@@H]1F. The van der Waals surface area contributed by atoms with Gasteiger partial charge in [-0.1, -0.05) is 11.8 Å². The van der Waals surface area contributed by atoms with Crippen LogP contribution in [0.3, 0.4) is 0 Å². The number of hydrogen-bond acceptors (Lipinski definition) is 6. The van der Waals surface area contributed by atoms with Gasteiger partial charge in [-0.15, -0.1) is 10.2 Å².